The van der Waals surface area contributed by atoms with Gasteiger partial charge in [0.1, 0.15) is 48.3 Å². The van der Waals surface area contributed by atoms with E-state index in [1.807, 2.05) is 5.32 Å². The molecule has 0 saturated carbocycles. The summed E-state index contributed by atoms with van der Waals surface area (Å²) in [6.07, 6.45) is 9.27. The Balaban J connectivity index is 1.96. The second kappa shape index (κ2) is 41.1. The minimum Gasteiger partial charge on any atom is -0.481 e. The summed E-state index contributed by atoms with van der Waals surface area (Å²) in [6.45, 7) is 2.02. The van der Waals surface area contributed by atoms with Crippen molar-refractivity contribution in [1.29, 1.82) is 0 Å². The molecule has 0 aromatic rings. The molecule has 0 spiro atoms. The highest BCUT2D eigenvalue weighted by atomic mass is 16.4. The molecule has 3 aliphatic heterocycles. The van der Waals surface area contributed by atoms with Crippen molar-refractivity contribution in [3.05, 3.63) is 0 Å². The fraction of sp³-hybridized carbons (Fsp3) is 0.729. The molecule has 10 atom stereocenters. The smallest absolute Gasteiger partial charge is 0.305 e. The maximum atomic E-state index is 14.8. The van der Waals surface area contributed by atoms with Crippen molar-refractivity contribution in [3.8, 4) is 0 Å². The number of amides is 13. The van der Waals surface area contributed by atoms with Crippen LogP contribution in [0.4, 0.5) is 0 Å². The van der Waals surface area contributed by atoms with E-state index >= 15 is 0 Å². The zero-order valence-electron chi connectivity index (χ0n) is 53.0. The van der Waals surface area contributed by atoms with Gasteiger partial charge in [-0.25, -0.2) is 0 Å². The van der Waals surface area contributed by atoms with Crippen LogP contribution in [0.2, 0.25) is 0 Å². The van der Waals surface area contributed by atoms with E-state index in [0.717, 1.165) is 48.8 Å². The normalized spacial score (nSPS) is 23.3. The first kappa shape index (κ1) is 77.7. The number of aliphatic hydroxyl groups is 1. The Morgan fingerprint density at radius 1 is 0.533 bits per heavy atom. The number of hydrogen-bond acceptors (Lipinski definition) is 17. The maximum absolute atomic E-state index is 14.8. The second-order valence-electron chi connectivity index (χ2n) is 23.4. The number of carboxylic acids is 3. The topological polar surface area (TPSA) is 493 Å². The number of fused-ring (bicyclic) bond motifs is 2. The van der Waals surface area contributed by atoms with E-state index in [2.05, 4.69) is 60.1 Å². The molecular formula is C59H95N13O20. The van der Waals surface area contributed by atoms with E-state index in [9.17, 15) is 97.1 Å². The van der Waals surface area contributed by atoms with Crippen molar-refractivity contribution in [1.82, 2.24) is 68.3 Å². The number of nitrogens with one attached hydrogen (secondary N) is 11. The van der Waals surface area contributed by atoms with E-state index in [1.165, 1.54) is 38.5 Å². The number of nitrogens with zero attached hydrogens (tertiary/aromatic N) is 2. The lowest BCUT2D eigenvalue weighted by Gasteiger charge is -2.37. The quantitative estimate of drug-likeness (QED) is 0.0360. The van der Waals surface area contributed by atoms with Gasteiger partial charge in [-0.3, -0.25) is 76.7 Å². The molecule has 92 heavy (non-hydrogen) atoms. The Bertz CT molecular complexity index is 2610. The van der Waals surface area contributed by atoms with Crippen molar-refractivity contribution in [2.24, 2.45) is 5.92 Å². The standard InChI is InChI=1S/C59H95N13O20/c1-5-7-8-9-10-11-12-13-14-15-16-17-23-42(74)60-30-43(75)67-38(28-49(83)84)54(87)68-39-29-61-55(88)41-22-20-25-72(41)59(92)50(34(3)6-2)70-57(90)51(35(4)73)69-46(78)33-63-53(86)37(27-48(81)82)65-44(76)31-62-52(85)36(26-47(79)80)66-45(77)32-64-56(89)40-21-18-19-24-71(40)58(39)91/h34-41,50-51,73H,5-33H2,1-4H3,(H,60,74)(H,61,88)(H,62,85)(H,63,86)(H,64,89)(H,65,76)(H,66,77)(H,67,75)(H,68,87)(H,69,78)(H,70,90)(H,79,80)(H,81,82)(H,83,84)/t34-,35+,36-,37-,38-,39-,40-,41-,50-,51-/m0/s1. The molecule has 0 aromatic carbocycles. The van der Waals surface area contributed by atoms with Gasteiger partial charge in [-0.05, 0) is 51.4 Å². The van der Waals surface area contributed by atoms with Crippen molar-refractivity contribution >= 4 is 94.7 Å². The first-order chi connectivity index (χ1) is 43.7. The molecule has 33 heteroatoms. The minimum atomic E-state index is -1.91. The highest BCUT2D eigenvalue weighted by Gasteiger charge is 2.43. The molecule has 516 valence electrons. The van der Waals surface area contributed by atoms with Crippen molar-refractivity contribution in [2.75, 3.05) is 45.8 Å². The number of carbonyl (C=O) groups excluding carboxylic acids is 13. The summed E-state index contributed by atoms with van der Waals surface area (Å²) >= 11 is 0. The molecule has 13 amide bonds. The Kier molecular flexibility index (Phi) is 34.7. The summed E-state index contributed by atoms with van der Waals surface area (Å²) in [6, 6.07) is -13.5. The van der Waals surface area contributed by atoms with Crippen LogP contribution in [0.3, 0.4) is 0 Å². The number of piperidine rings is 1. The predicted molar refractivity (Wildman–Crippen MR) is 324 cm³/mol. The van der Waals surface area contributed by atoms with E-state index in [-0.39, 0.29) is 51.6 Å². The van der Waals surface area contributed by atoms with Crippen molar-refractivity contribution < 1.29 is 97.1 Å². The third-order valence-corrected chi connectivity index (χ3v) is 15.9. The van der Waals surface area contributed by atoms with Gasteiger partial charge < -0.3 is 88.7 Å². The van der Waals surface area contributed by atoms with E-state index < -0.39 is 207 Å². The number of rotatable bonds is 27. The van der Waals surface area contributed by atoms with Crippen LogP contribution in [0, 0.1) is 5.92 Å². The fourth-order valence-electron chi connectivity index (χ4n) is 10.6. The average molecular weight is 1310 g/mol. The van der Waals surface area contributed by atoms with Gasteiger partial charge in [0.05, 0.1) is 51.5 Å². The van der Waals surface area contributed by atoms with Gasteiger partial charge in [0, 0.05) is 26.1 Å². The van der Waals surface area contributed by atoms with Crippen LogP contribution in [0.1, 0.15) is 169 Å². The predicted octanol–water partition coefficient (Wildman–Crippen LogP) is -3.20. The van der Waals surface area contributed by atoms with Gasteiger partial charge >= 0.3 is 17.9 Å². The molecule has 3 heterocycles. The number of hydrogen-bond donors (Lipinski definition) is 15. The van der Waals surface area contributed by atoms with Crippen LogP contribution in [-0.2, 0) is 76.7 Å². The summed E-state index contributed by atoms with van der Waals surface area (Å²) in [4.78, 5) is 215. The van der Waals surface area contributed by atoms with Gasteiger partial charge in [-0.15, -0.1) is 0 Å². The molecule has 3 rings (SSSR count). The molecule has 0 radical (unpaired) electrons. The molecule has 0 unspecified atom stereocenters. The van der Waals surface area contributed by atoms with Crippen LogP contribution < -0.4 is 58.5 Å². The van der Waals surface area contributed by atoms with Crippen LogP contribution in [0.25, 0.3) is 0 Å². The van der Waals surface area contributed by atoms with Crippen LogP contribution in [0.15, 0.2) is 0 Å². The molecule has 0 aliphatic carbocycles. The highest BCUT2D eigenvalue weighted by Crippen LogP contribution is 2.23. The Morgan fingerprint density at radius 2 is 1.01 bits per heavy atom. The summed E-state index contributed by atoms with van der Waals surface area (Å²) in [5.74, 6) is -18.9. The molecule has 33 nitrogen and oxygen atoms in total. The summed E-state index contributed by atoms with van der Waals surface area (Å²) in [7, 11) is 0. The van der Waals surface area contributed by atoms with Crippen molar-refractivity contribution in [3.63, 3.8) is 0 Å². The van der Waals surface area contributed by atoms with Gasteiger partial charge in [-0.1, -0.05) is 97.8 Å². The molecular weight excluding hydrogens is 1210 g/mol. The molecule has 3 saturated heterocycles. The Hall–Kier alpha value is -8.52. The fourth-order valence-corrected chi connectivity index (χ4v) is 10.6. The summed E-state index contributed by atoms with van der Waals surface area (Å²) < 4.78 is 0. The van der Waals surface area contributed by atoms with Gasteiger partial charge in [0.15, 0.2) is 0 Å². The number of aliphatic hydroxyl groups excluding tert-OH is 1. The molecule has 15 N–H and O–H groups in total. The third kappa shape index (κ3) is 27.9. The largest absolute Gasteiger partial charge is 0.481 e. The number of carbonyl (C=O) groups is 16. The van der Waals surface area contributed by atoms with Gasteiger partial charge in [0.2, 0.25) is 76.8 Å². The maximum Gasteiger partial charge on any atom is 0.305 e. The number of carboxylic acid groups (broad SMARTS) is 3. The molecule has 3 aliphatic rings. The number of aliphatic carboxylic acids is 3. The number of unbranched alkanes of at least 4 members (excludes halogenated alkanes) is 11. The SMILES string of the molecule is CCCCCCCCCCCCCCC(=O)NCC(=O)N[C@@H](CC(=O)O)C(=O)N[C@H]1CNC(=O)[C@@H]2CCCN2C(=O)[C@H]([C@@H](C)CC)NC(=O)[C@H]([C@@H](C)O)NC(=O)CNC(=O)[C@H](CC(=O)O)NC(=O)CNC(=O)[C@H](CC(=O)O)NC(=O)CNC(=O)[C@@H]2CCCCN2C1=O. The first-order valence-electron chi connectivity index (χ1n) is 31.8. The van der Waals surface area contributed by atoms with Crippen LogP contribution >= 0.6 is 0 Å². The first-order valence-corrected chi connectivity index (χ1v) is 31.8. The second-order valence-corrected chi connectivity index (χ2v) is 23.4. The lowest BCUT2D eigenvalue weighted by atomic mass is 9.96. The van der Waals surface area contributed by atoms with Crippen LogP contribution in [-0.4, -0.2) is 225 Å². The van der Waals surface area contributed by atoms with Gasteiger partial charge in [-0.2, -0.15) is 0 Å². The molecule has 3 fully saturated rings. The molecule has 0 bridgehead atoms. The van der Waals surface area contributed by atoms with Crippen LogP contribution in [0.5, 0.6) is 0 Å². The lowest BCUT2D eigenvalue weighted by molar-refractivity contribution is -0.146. The summed E-state index contributed by atoms with van der Waals surface area (Å²) in [5, 5.41) is 64.7. The van der Waals surface area contributed by atoms with E-state index in [1.54, 1.807) is 13.8 Å². The minimum absolute atomic E-state index is 0.0328. The Labute approximate surface area is 533 Å². The zero-order chi connectivity index (χ0) is 68.5. The average Bonchev–Trinajstić information content (AvgIpc) is 1.46. The Morgan fingerprint density at radius 3 is 1.52 bits per heavy atom. The lowest BCUT2D eigenvalue weighted by Crippen LogP contribution is -2.63. The van der Waals surface area contributed by atoms with Crippen molar-refractivity contribution in [2.45, 2.75) is 223 Å². The monoisotopic (exact) mass is 1310 g/mol. The summed E-state index contributed by atoms with van der Waals surface area (Å²) in [5.41, 5.74) is 0. The highest BCUT2D eigenvalue weighted by molar-refractivity contribution is 6.00. The van der Waals surface area contributed by atoms with E-state index in [4.69, 9.17) is 0 Å². The molecule has 0 aromatic heterocycles. The van der Waals surface area contributed by atoms with Gasteiger partial charge in [0.25, 0.3) is 0 Å². The zero-order valence-corrected chi connectivity index (χ0v) is 53.0. The third-order valence-electron chi connectivity index (χ3n) is 15.9. The van der Waals surface area contributed by atoms with E-state index in [0.29, 0.717) is 12.8 Å².